The molecule has 1 aliphatic heterocycles. The number of nitrogens with one attached hydrogen (secondary N) is 1. The molecular formula is C21H29N3O6. The number of carbonyl (C=O) groups excluding carboxylic acids is 3. The first-order chi connectivity index (χ1) is 13.9. The minimum atomic E-state index is -1.34. The van der Waals surface area contributed by atoms with Crippen molar-refractivity contribution in [2.24, 2.45) is 5.92 Å². The van der Waals surface area contributed by atoms with Crippen molar-refractivity contribution >= 4 is 24.0 Å². The van der Waals surface area contributed by atoms with Gasteiger partial charge in [-0.05, 0) is 32.3 Å². The Labute approximate surface area is 176 Å². The zero-order valence-corrected chi connectivity index (χ0v) is 17.9. The van der Waals surface area contributed by atoms with Crippen LogP contribution >= 0.6 is 0 Å². The van der Waals surface area contributed by atoms with Gasteiger partial charge in [0.05, 0.1) is 6.54 Å². The van der Waals surface area contributed by atoms with E-state index in [0.717, 1.165) is 10.5 Å². The van der Waals surface area contributed by atoms with Crippen LogP contribution in [-0.2, 0) is 20.9 Å². The fraction of sp³-hybridized carbons (Fsp3) is 0.524. The van der Waals surface area contributed by atoms with Crippen molar-refractivity contribution in [3.63, 3.8) is 0 Å². The van der Waals surface area contributed by atoms with Gasteiger partial charge in [-0.25, -0.2) is 19.3 Å². The number of imide groups is 1. The monoisotopic (exact) mass is 419 g/mol. The zero-order chi connectivity index (χ0) is 22.6. The van der Waals surface area contributed by atoms with Gasteiger partial charge in [0.2, 0.25) is 0 Å². The summed E-state index contributed by atoms with van der Waals surface area (Å²) in [7, 11) is 0. The lowest BCUT2D eigenvalue weighted by Gasteiger charge is -2.28. The average Bonchev–Trinajstić information content (AvgIpc) is 2.95. The maximum Gasteiger partial charge on any atom is 0.408 e. The Balaban J connectivity index is 2.23. The summed E-state index contributed by atoms with van der Waals surface area (Å²) in [5.41, 5.74) is 0.0466. The first kappa shape index (κ1) is 23.2. The quantitative estimate of drug-likeness (QED) is 0.732. The second-order valence-corrected chi connectivity index (χ2v) is 8.58. The van der Waals surface area contributed by atoms with Gasteiger partial charge in [-0.2, -0.15) is 0 Å². The van der Waals surface area contributed by atoms with Crippen molar-refractivity contribution in [3.05, 3.63) is 35.9 Å². The van der Waals surface area contributed by atoms with E-state index in [1.165, 1.54) is 4.90 Å². The van der Waals surface area contributed by atoms with Crippen LogP contribution in [0.2, 0.25) is 0 Å². The molecule has 1 aromatic carbocycles. The molecule has 1 fully saturated rings. The Hall–Kier alpha value is -3.10. The summed E-state index contributed by atoms with van der Waals surface area (Å²) in [5, 5.41) is 12.1. The maximum atomic E-state index is 13.2. The Bertz CT molecular complexity index is 803. The molecule has 0 aliphatic carbocycles. The fourth-order valence-electron chi connectivity index (χ4n) is 3.12. The summed E-state index contributed by atoms with van der Waals surface area (Å²) in [6.45, 7) is 8.49. The van der Waals surface area contributed by atoms with Crippen LogP contribution in [0.15, 0.2) is 30.3 Å². The van der Waals surface area contributed by atoms with E-state index in [1.54, 1.807) is 34.6 Å². The largest absolute Gasteiger partial charge is 0.480 e. The van der Waals surface area contributed by atoms with Gasteiger partial charge in [0.1, 0.15) is 11.6 Å². The van der Waals surface area contributed by atoms with Crippen LogP contribution in [0, 0.1) is 5.92 Å². The van der Waals surface area contributed by atoms with Crippen molar-refractivity contribution < 1.29 is 29.0 Å². The number of amides is 4. The summed E-state index contributed by atoms with van der Waals surface area (Å²) >= 11 is 0. The second kappa shape index (κ2) is 9.15. The minimum absolute atomic E-state index is 0.133. The average molecular weight is 419 g/mol. The molecule has 0 bridgehead atoms. The maximum absolute atomic E-state index is 13.2. The Morgan fingerprint density at radius 1 is 1.20 bits per heavy atom. The van der Waals surface area contributed by atoms with Gasteiger partial charge in [-0.1, -0.05) is 44.2 Å². The SMILES string of the molecule is CC(C)C(NC(=O)OC(C)(C)C)C(=O)N1C(=O)N(Cc2ccccc2)CC1C(=O)O. The number of carboxylic acids is 1. The lowest BCUT2D eigenvalue weighted by Crippen LogP contribution is -2.56. The number of rotatable bonds is 6. The van der Waals surface area contributed by atoms with Gasteiger partial charge in [0.15, 0.2) is 6.04 Å². The van der Waals surface area contributed by atoms with E-state index in [0.29, 0.717) is 0 Å². The number of nitrogens with zero attached hydrogens (tertiary/aromatic N) is 2. The molecule has 1 saturated heterocycles. The highest BCUT2D eigenvalue weighted by Gasteiger charge is 2.47. The van der Waals surface area contributed by atoms with Gasteiger partial charge in [0.25, 0.3) is 5.91 Å². The minimum Gasteiger partial charge on any atom is -0.480 e. The third-order valence-corrected chi connectivity index (χ3v) is 4.53. The molecule has 1 aliphatic rings. The van der Waals surface area contributed by atoms with Crippen molar-refractivity contribution in [2.75, 3.05) is 6.54 Å². The smallest absolute Gasteiger partial charge is 0.408 e. The molecule has 9 nitrogen and oxygen atoms in total. The van der Waals surface area contributed by atoms with Crippen LogP contribution in [0.25, 0.3) is 0 Å². The molecular weight excluding hydrogens is 390 g/mol. The van der Waals surface area contributed by atoms with Crippen LogP contribution in [0.5, 0.6) is 0 Å². The highest BCUT2D eigenvalue weighted by atomic mass is 16.6. The molecule has 1 heterocycles. The first-order valence-electron chi connectivity index (χ1n) is 9.79. The molecule has 0 aromatic heterocycles. The first-order valence-corrected chi connectivity index (χ1v) is 9.79. The standard InChI is InChI=1S/C21H29N3O6/c1-13(2)16(22-19(28)30-21(3,4)5)17(25)24-15(18(26)27)12-23(20(24)29)11-14-9-7-6-8-10-14/h6-10,13,15-16H,11-12H2,1-5H3,(H,22,28)(H,26,27). The molecule has 2 rings (SSSR count). The summed E-state index contributed by atoms with van der Waals surface area (Å²) in [4.78, 5) is 52.1. The molecule has 2 N–H and O–H groups in total. The van der Waals surface area contributed by atoms with E-state index in [2.05, 4.69) is 5.32 Å². The number of aliphatic carboxylic acids is 1. The van der Waals surface area contributed by atoms with E-state index in [4.69, 9.17) is 4.74 Å². The van der Waals surface area contributed by atoms with E-state index in [1.807, 2.05) is 30.3 Å². The number of benzene rings is 1. The number of carboxylic acid groups (broad SMARTS) is 1. The van der Waals surface area contributed by atoms with Crippen LogP contribution < -0.4 is 5.32 Å². The number of alkyl carbamates (subject to hydrolysis) is 1. The third kappa shape index (κ3) is 5.71. The van der Waals surface area contributed by atoms with Gasteiger partial charge in [0, 0.05) is 6.54 Å². The van der Waals surface area contributed by atoms with Crippen LogP contribution in [-0.4, -0.2) is 63.1 Å². The van der Waals surface area contributed by atoms with Crippen molar-refractivity contribution in [3.8, 4) is 0 Å². The number of ether oxygens (including phenoxy) is 1. The summed E-state index contributed by atoms with van der Waals surface area (Å²) < 4.78 is 5.20. The van der Waals surface area contributed by atoms with Crippen molar-refractivity contribution in [2.45, 2.75) is 58.8 Å². The third-order valence-electron chi connectivity index (χ3n) is 4.53. The summed E-state index contributed by atoms with van der Waals surface area (Å²) in [6.07, 6.45) is -0.811. The van der Waals surface area contributed by atoms with Crippen LogP contribution in [0.3, 0.4) is 0 Å². The topological polar surface area (TPSA) is 116 Å². The molecule has 4 amide bonds. The molecule has 1 aromatic rings. The van der Waals surface area contributed by atoms with E-state index in [9.17, 15) is 24.3 Å². The van der Waals surface area contributed by atoms with Gasteiger partial charge < -0.3 is 20.1 Å². The Morgan fingerprint density at radius 3 is 2.30 bits per heavy atom. The number of hydrogen-bond acceptors (Lipinski definition) is 5. The van der Waals surface area contributed by atoms with E-state index in [-0.39, 0.29) is 13.1 Å². The number of urea groups is 1. The molecule has 164 valence electrons. The lowest BCUT2D eigenvalue weighted by atomic mass is 10.0. The summed E-state index contributed by atoms with van der Waals surface area (Å²) in [5.74, 6) is -2.45. The van der Waals surface area contributed by atoms with Crippen molar-refractivity contribution in [1.82, 2.24) is 15.1 Å². The molecule has 9 heteroatoms. The van der Waals surface area contributed by atoms with Gasteiger partial charge in [-0.3, -0.25) is 4.79 Å². The van der Waals surface area contributed by atoms with E-state index >= 15 is 0 Å². The second-order valence-electron chi connectivity index (χ2n) is 8.58. The van der Waals surface area contributed by atoms with Crippen molar-refractivity contribution in [1.29, 1.82) is 0 Å². The normalized spacial score (nSPS) is 17.8. The predicted octanol–water partition coefficient (Wildman–Crippen LogP) is 2.45. The Kier molecular flexibility index (Phi) is 7.07. The van der Waals surface area contributed by atoms with Gasteiger partial charge >= 0.3 is 18.1 Å². The lowest BCUT2D eigenvalue weighted by molar-refractivity contribution is -0.147. The highest BCUT2D eigenvalue weighted by Crippen LogP contribution is 2.22. The highest BCUT2D eigenvalue weighted by molar-refractivity contribution is 6.03. The van der Waals surface area contributed by atoms with Gasteiger partial charge in [-0.15, -0.1) is 0 Å². The number of hydrogen-bond donors (Lipinski definition) is 2. The van der Waals surface area contributed by atoms with Crippen LogP contribution in [0.4, 0.5) is 9.59 Å². The molecule has 0 spiro atoms. The molecule has 0 saturated carbocycles. The molecule has 2 atom stereocenters. The predicted molar refractivity (Wildman–Crippen MR) is 109 cm³/mol. The number of carbonyl (C=O) groups is 4. The summed E-state index contributed by atoms with van der Waals surface area (Å²) in [6, 6.07) is 5.94. The van der Waals surface area contributed by atoms with E-state index < -0.39 is 47.6 Å². The fourth-order valence-corrected chi connectivity index (χ4v) is 3.12. The molecule has 30 heavy (non-hydrogen) atoms. The zero-order valence-electron chi connectivity index (χ0n) is 17.9. The molecule has 0 radical (unpaired) electrons. The molecule has 2 unspecified atom stereocenters. The Morgan fingerprint density at radius 2 is 1.80 bits per heavy atom. The van der Waals surface area contributed by atoms with Crippen LogP contribution in [0.1, 0.15) is 40.2 Å².